The fourth-order valence-corrected chi connectivity index (χ4v) is 2.34. The SMILES string of the molecule is COC(=O)CSCc1cccc(NC(=O)CCCN)c1.Cl. The first-order valence-corrected chi connectivity index (χ1v) is 7.54. The van der Waals surface area contributed by atoms with Crippen LogP contribution in [0.3, 0.4) is 0 Å². The van der Waals surface area contributed by atoms with Crippen LogP contribution in [0.4, 0.5) is 5.69 Å². The van der Waals surface area contributed by atoms with Crippen molar-refractivity contribution in [1.29, 1.82) is 0 Å². The predicted octanol–water partition coefficient (Wildman–Crippen LogP) is 2.19. The molecule has 7 heteroatoms. The van der Waals surface area contributed by atoms with E-state index in [0.717, 1.165) is 11.3 Å². The van der Waals surface area contributed by atoms with Gasteiger partial charge in [0.25, 0.3) is 0 Å². The highest BCUT2D eigenvalue weighted by molar-refractivity contribution is 7.99. The van der Waals surface area contributed by atoms with Gasteiger partial charge in [0.1, 0.15) is 0 Å². The lowest BCUT2D eigenvalue weighted by Gasteiger charge is -2.07. The van der Waals surface area contributed by atoms with Gasteiger partial charge in [-0.05, 0) is 30.7 Å². The summed E-state index contributed by atoms with van der Waals surface area (Å²) in [7, 11) is 1.38. The zero-order valence-corrected chi connectivity index (χ0v) is 13.6. The number of esters is 1. The Balaban J connectivity index is 0.00000400. The summed E-state index contributed by atoms with van der Waals surface area (Å²) in [4.78, 5) is 22.6. The van der Waals surface area contributed by atoms with Gasteiger partial charge in [0, 0.05) is 17.9 Å². The van der Waals surface area contributed by atoms with E-state index in [4.69, 9.17) is 5.73 Å². The van der Waals surface area contributed by atoms with Gasteiger partial charge in [-0.3, -0.25) is 9.59 Å². The van der Waals surface area contributed by atoms with Crippen LogP contribution in [-0.4, -0.2) is 31.3 Å². The van der Waals surface area contributed by atoms with Crippen LogP contribution in [-0.2, 0) is 20.1 Å². The van der Waals surface area contributed by atoms with Crippen molar-refractivity contribution >= 4 is 41.7 Å². The molecular formula is C14H21ClN2O3S. The first-order chi connectivity index (χ1) is 9.65. The Morgan fingerprint density at radius 2 is 2.14 bits per heavy atom. The lowest BCUT2D eigenvalue weighted by atomic mass is 10.2. The maximum atomic E-state index is 11.6. The summed E-state index contributed by atoms with van der Waals surface area (Å²) in [6.45, 7) is 0.512. The molecular weight excluding hydrogens is 312 g/mol. The van der Waals surface area contributed by atoms with E-state index in [-0.39, 0.29) is 24.3 Å². The number of ether oxygens (including phenoxy) is 1. The van der Waals surface area contributed by atoms with Crippen molar-refractivity contribution < 1.29 is 14.3 Å². The number of methoxy groups -OCH3 is 1. The average molecular weight is 333 g/mol. The summed E-state index contributed by atoms with van der Waals surface area (Å²) in [5.74, 6) is 0.752. The van der Waals surface area contributed by atoms with Crippen LogP contribution < -0.4 is 11.1 Å². The monoisotopic (exact) mass is 332 g/mol. The summed E-state index contributed by atoms with van der Waals surface area (Å²) in [5.41, 5.74) is 7.18. The summed E-state index contributed by atoms with van der Waals surface area (Å²) < 4.78 is 4.58. The molecule has 1 rings (SSSR count). The summed E-state index contributed by atoms with van der Waals surface area (Å²) in [5, 5.41) is 2.83. The molecule has 0 aliphatic heterocycles. The van der Waals surface area contributed by atoms with Gasteiger partial charge in [0.2, 0.25) is 5.91 Å². The molecule has 0 spiro atoms. The zero-order chi connectivity index (χ0) is 14.8. The van der Waals surface area contributed by atoms with E-state index >= 15 is 0 Å². The molecule has 0 radical (unpaired) electrons. The number of nitrogens with one attached hydrogen (secondary N) is 1. The summed E-state index contributed by atoms with van der Waals surface area (Å²) in [6.07, 6.45) is 1.11. The van der Waals surface area contributed by atoms with Gasteiger partial charge >= 0.3 is 5.97 Å². The molecule has 0 heterocycles. The molecule has 5 nitrogen and oxygen atoms in total. The zero-order valence-electron chi connectivity index (χ0n) is 12.0. The lowest BCUT2D eigenvalue weighted by Crippen LogP contribution is -2.13. The van der Waals surface area contributed by atoms with E-state index in [0.29, 0.717) is 30.9 Å². The lowest BCUT2D eigenvalue weighted by molar-refractivity contribution is -0.137. The van der Waals surface area contributed by atoms with Gasteiger partial charge in [-0.25, -0.2) is 0 Å². The first-order valence-electron chi connectivity index (χ1n) is 6.39. The molecule has 0 unspecified atom stereocenters. The van der Waals surface area contributed by atoms with E-state index in [1.807, 2.05) is 24.3 Å². The van der Waals surface area contributed by atoms with Crippen molar-refractivity contribution in [2.45, 2.75) is 18.6 Å². The van der Waals surface area contributed by atoms with Crippen LogP contribution in [0, 0.1) is 0 Å². The maximum absolute atomic E-state index is 11.6. The van der Waals surface area contributed by atoms with Crippen molar-refractivity contribution in [3.05, 3.63) is 29.8 Å². The minimum Gasteiger partial charge on any atom is -0.468 e. The Bertz CT molecular complexity index is 458. The highest BCUT2D eigenvalue weighted by Gasteiger charge is 2.04. The highest BCUT2D eigenvalue weighted by Crippen LogP contribution is 2.17. The van der Waals surface area contributed by atoms with Crippen LogP contribution >= 0.6 is 24.2 Å². The number of nitrogens with two attached hydrogens (primary N) is 1. The van der Waals surface area contributed by atoms with Gasteiger partial charge in [0.05, 0.1) is 12.9 Å². The van der Waals surface area contributed by atoms with E-state index in [2.05, 4.69) is 10.1 Å². The number of halogens is 1. The maximum Gasteiger partial charge on any atom is 0.315 e. The molecule has 1 aromatic carbocycles. The Morgan fingerprint density at radius 3 is 2.81 bits per heavy atom. The molecule has 21 heavy (non-hydrogen) atoms. The molecule has 0 saturated heterocycles. The topological polar surface area (TPSA) is 81.4 Å². The molecule has 0 aliphatic rings. The molecule has 1 aromatic rings. The van der Waals surface area contributed by atoms with Crippen LogP contribution in [0.1, 0.15) is 18.4 Å². The van der Waals surface area contributed by atoms with Crippen molar-refractivity contribution in [2.75, 3.05) is 24.7 Å². The third kappa shape index (κ3) is 8.60. The van der Waals surface area contributed by atoms with E-state index < -0.39 is 0 Å². The number of carbonyl (C=O) groups is 2. The van der Waals surface area contributed by atoms with Gasteiger partial charge < -0.3 is 15.8 Å². The smallest absolute Gasteiger partial charge is 0.315 e. The standard InChI is InChI=1S/C14H20N2O3S.ClH/c1-19-14(18)10-20-9-11-4-2-5-12(8-11)16-13(17)6-3-7-15;/h2,4-5,8H,3,6-7,9-10,15H2,1H3,(H,16,17);1H. The quantitative estimate of drug-likeness (QED) is 0.713. The van der Waals surface area contributed by atoms with Crippen molar-refractivity contribution in [3.8, 4) is 0 Å². The number of rotatable bonds is 8. The Labute approximate surface area is 135 Å². The Kier molecular flexibility index (Phi) is 10.7. The third-order valence-corrected chi connectivity index (χ3v) is 3.51. The minimum atomic E-state index is -0.235. The van der Waals surface area contributed by atoms with E-state index in [9.17, 15) is 9.59 Å². The van der Waals surface area contributed by atoms with Crippen LogP contribution in [0.2, 0.25) is 0 Å². The Morgan fingerprint density at radius 1 is 1.38 bits per heavy atom. The van der Waals surface area contributed by atoms with Gasteiger partial charge in [0.15, 0.2) is 0 Å². The minimum absolute atomic E-state index is 0. The van der Waals surface area contributed by atoms with E-state index in [1.165, 1.54) is 18.9 Å². The number of benzene rings is 1. The molecule has 0 atom stereocenters. The molecule has 0 saturated carbocycles. The second kappa shape index (κ2) is 11.4. The van der Waals surface area contributed by atoms with Crippen LogP contribution in [0.25, 0.3) is 0 Å². The van der Waals surface area contributed by atoms with Crippen molar-refractivity contribution in [2.24, 2.45) is 5.73 Å². The third-order valence-electron chi connectivity index (χ3n) is 2.54. The average Bonchev–Trinajstić information content (AvgIpc) is 2.45. The van der Waals surface area contributed by atoms with E-state index in [1.54, 1.807) is 0 Å². The van der Waals surface area contributed by atoms with Crippen LogP contribution in [0.5, 0.6) is 0 Å². The number of hydrogen-bond donors (Lipinski definition) is 2. The number of carbonyl (C=O) groups excluding carboxylic acids is 2. The molecule has 1 amide bonds. The fraction of sp³-hybridized carbons (Fsp3) is 0.429. The fourth-order valence-electron chi connectivity index (χ4n) is 1.54. The summed E-state index contributed by atoms with van der Waals surface area (Å²) >= 11 is 1.48. The number of hydrogen-bond acceptors (Lipinski definition) is 5. The molecule has 0 bridgehead atoms. The molecule has 0 fully saturated rings. The van der Waals surface area contributed by atoms with Crippen molar-refractivity contribution in [3.63, 3.8) is 0 Å². The van der Waals surface area contributed by atoms with Crippen LogP contribution in [0.15, 0.2) is 24.3 Å². The molecule has 0 aromatic heterocycles. The van der Waals surface area contributed by atoms with Gasteiger partial charge in [-0.15, -0.1) is 24.2 Å². The molecule has 118 valence electrons. The van der Waals surface area contributed by atoms with Crippen molar-refractivity contribution in [1.82, 2.24) is 0 Å². The first kappa shape index (κ1) is 19.8. The second-order valence-electron chi connectivity index (χ2n) is 4.21. The molecule has 3 N–H and O–H groups in total. The largest absolute Gasteiger partial charge is 0.468 e. The second-order valence-corrected chi connectivity index (χ2v) is 5.20. The predicted molar refractivity (Wildman–Crippen MR) is 88.8 cm³/mol. The number of thioether (sulfide) groups is 1. The van der Waals surface area contributed by atoms with Gasteiger partial charge in [-0.1, -0.05) is 12.1 Å². The summed E-state index contributed by atoms with van der Waals surface area (Å²) in [6, 6.07) is 7.59. The van der Waals surface area contributed by atoms with Gasteiger partial charge in [-0.2, -0.15) is 0 Å². The number of amides is 1. The molecule has 0 aliphatic carbocycles. The normalized spacial score (nSPS) is 9.62. The number of anilines is 1. The highest BCUT2D eigenvalue weighted by atomic mass is 35.5. The Hall–Kier alpha value is -1.24.